The summed E-state index contributed by atoms with van der Waals surface area (Å²) in [6, 6.07) is 22.7. The van der Waals surface area contributed by atoms with Crippen LogP contribution in [0.15, 0.2) is 79.1 Å². The summed E-state index contributed by atoms with van der Waals surface area (Å²) >= 11 is 5.91. The first-order valence-corrected chi connectivity index (χ1v) is 10.5. The van der Waals surface area contributed by atoms with Gasteiger partial charge < -0.3 is 10.6 Å². The fourth-order valence-corrected chi connectivity index (χ4v) is 3.66. The Labute approximate surface area is 189 Å². The van der Waals surface area contributed by atoms with Crippen molar-refractivity contribution in [2.75, 3.05) is 11.9 Å². The summed E-state index contributed by atoms with van der Waals surface area (Å²) in [5.74, 6) is 0.434. The summed E-state index contributed by atoms with van der Waals surface area (Å²) in [4.78, 5) is 17.3. The van der Waals surface area contributed by atoms with Crippen molar-refractivity contribution in [2.24, 2.45) is 0 Å². The quantitative estimate of drug-likeness (QED) is 0.400. The molecule has 0 aliphatic carbocycles. The number of para-hydroxylation sites is 2. The molecule has 5 aromatic rings. The number of halogens is 1. The van der Waals surface area contributed by atoms with Gasteiger partial charge in [0.2, 0.25) is 5.65 Å². The van der Waals surface area contributed by atoms with Gasteiger partial charge in [0.25, 0.3) is 5.91 Å². The van der Waals surface area contributed by atoms with Crippen LogP contribution in [-0.4, -0.2) is 32.0 Å². The van der Waals surface area contributed by atoms with Crippen molar-refractivity contribution in [3.63, 3.8) is 0 Å². The summed E-state index contributed by atoms with van der Waals surface area (Å²) in [6.45, 7) is 0.532. The van der Waals surface area contributed by atoms with Crippen LogP contribution in [0.2, 0.25) is 5.02 Å². The summed E-state index contributed by atoms with van der Waals surface area (Å²) in [5.41, 5.74) is 4.77. The highest BCUT2D eigenvalue weighted by Gasteiger charge is 2.12. The fraction of sp³-hybridized carbons (Fsp3) is 0.0833. The molecule has 1 amide bonds. The number of carbonyl (C=O) groups excluding carboxylic acids is 1. The predicted molar refractivity (Wildman–Crippen MR) is 126 cm³/mol. The maximum atomic E-state index is 12.6. The normalized spacial score (nSPS) is 11.0. The third kappa shape index (κ3) is 4.10. The lowest BCUT2D eigenvalue weighted by molar-refractivity contribution is 0.0954. The molecule has 8 heteroatoms. The lowest BCUT2D eigenvalue weighted by atomic mass is 10.1. The minimum Gasteiger partial charge on any atom is -0.352 e. The molecular weight excluding hydrogens is 424 g/mol. The van der Waals surface area contributed by atoms with Crippen LogP contribution >= 0.6 is 11.6 Å². The molecule has 0 spiro atoms. The fourth-order valence-electron chi connectivity index (χ4n) is 3.54. The molecule has 32 heavy (non-hydrogen) atoms. The molecule has 0 atom stereocenters. The zero-order valence-corrected chi connectivity index (χ0v) is 17.8. The highest BCUT2D eigenvalue weighted by molar-refractivity contribution is 6.30. The second-order valence-electron chi connectivity index (χ2n) is 7.31. The van der Waals surface area contributed by atoms with E-state index in [0.717, 1.165) is 28.7 Å². The number of fused-ring (bicyclic) bond motifs is 3. The van der Waals surface area contributed by atoms with Crippen molar-refractivity contribution in [3.8, 4) is 0 Å². The van der Waals surface area contributed by atoms with Crippen LogP contribution in [0.4, 0.5) is 11.5 Å². The minimum absolute atomic E-state index is 0.137. The van der Waals surface area contributed by atoms with E-state index < -0.39 is 0 Å². The average molecular weight is 443 g/mol. The highest BCUT2D eigenvalue weighted by Crippen LogP contribution is 2.23. The Bertz CT molecular complexity index is 1410. The summed E-state index contributed by atoms with van der Waals surface area (Å²) in [5, 5.41) is 15.2. The zero-order chi connectivity index (χ0) is 21.9. The molecule has 0 aliphatic heterocycles. The summed E-state index contributed by atoms with van der Waals surface area (Å²) in [6.07, 6.45) is 2.39. The van der Waals surface area contributed by atoms with Gasteiger partial charge in [0.1, 0.15) is 6.33 Å². The van der Waals surface area contributed by atoms with Gasteiger partial charge in [-0.15, -0.1) is 10.2 Å². The van der Waals surface area contributed by atoms with E-state index in [1.807, 2.05) is 65.1 Å². The Hall–Kier alpha value is -3.97. The number of amides is 1. The van der Waals surface area contributed by atoms with Crippen LogP contribution < -0.4 is 10.6 Å². The zero-order valence-electron chi connectivity index (χ0n) is 17.0. The van der Waals surface area contributed by atoms with E-state index in [9.17, 15) is 4.79 Å². The topological polar surface area (TPSA) is 84.2 Å². The molecule has 5 rings (SSSR count). The van der Waals surface area contributed by atoms with Crippen LogP contribution in [0.1, 0.15) is 15.9 Å². The minimum atomic E-state index is -0.137. The second kappa shape index (κ2) is 8.64. The van der Waals surface area contributed by atoms with Crippen LogP contribution in [0.25, 0.3) is 16.7 Å². The number of hydrogen-bond donors (Lipinski definition) is 2. The SMILES string of the molecule is O=C(NCCc1ccc(Cl)cc1)c1cccc(Nc2nc3ccccc3n3cnnc23)c1. The van der Waals surface area contributed by atoms with E-state index >= 15 is 0 Å². The molecule has 158 valence electrons. The molecule has 0 radical (unpaired) electrons. The number of hydrogen-bond acceptors (Lipinski definition) is 5. The second-order valence-corrected chi connectivity index (χ2v) is 7.75. The van der Waals surface area contributed by atoms with E-state index in [4.69, 9.17) is 16.6 Å². The Balaban J connectivity index is 1.32. The van der Waals surface area contributed by atoms with Gasteiger partial charge in [0.15, 0.2) is 5.82 Å². The monoisotopic (exact) mass is 442 g/mol. The number of anilines is 2. The van der Waals surface area contributed by atoms with E-state index in [1.165, 1.54) is 0 Å². The van der Waals surface area contributed by atoms with Gasteiger partial charge in [0.05, 0.1) is 11.0 Å². The Morgan fingerprint density at radius 3 is 2.72 bits per heavy atom. The standard InChI is InChI=1S/C24H19ClN6O/c25-18-10-8-16(9-11-18)12-13-26-24(32)17-4-3-5-19(14-17)28-22-23-30-27-15-31(23)21-7-2-1-6-20(21)29-22/h1-11,14-15H,12-13H2,(H,26,32)(H,28,29). The molecule has 0 saturated heterocycles. The molecule has 2 aromatic heterocycles. The molecule has 0 fully saturated rings. The van der Waals surface area contributed by atoms with Crippen molar-refractivity contribution < 1.29 is 4.79 Å². The van der Waals surface area contributed by atoms with Gasteiger partial charge in [0, 0.05) is 22.8 Å². The van der Waals surface area contributed by atoms with Crippen molar-refractivity contribution >= 4 is 45.7 Å². The van der Waals surface area contributed by atoms with E-state index in [0.29, 0.717) is 28.6 Å². The molecular formula is C24H19ClN6O. The number of aromatic nitrogens is 4. The van der Waals surface area contributed by atoms with Crippen LogP contribution in [0.3, 0.4) is 0 Å². The van der Waals surface area contributed by atoms with Crippen molar-refractivity contribution in [2.45, 2.75) is 6.42 Å². The van der Waals surface area contributed by atoms with Gasteiger partial charge in [-0.2, -0.15) is 0 Å². The maximum Gasteiger partial charge on any atom is 0.251 e. The molecule has 2 heterocycles. The van der Waals surface area contributed by atoms with Crippen molar-refractivity contribution in [1.82, 2.24) is 24.9 Å². The largest absolute Gasteiger partial charge is 0.352 e. The Kier molecular flexibility index (Phi) is 5.39. The maximum absolute atomic E-state index is 12.6. The third-order valence-corrected chi connectivity index (χ3v) is 5.39. The van der Waals surface area contributed by atoms with E-state index in [-0.39, 0.29) is 5.91 Å². The smallest absolute Gasteiger partial charge is 0.251 e. The van der Waals surface area contributed by atoms with Crippen molar-refractivity contribution in [3.05, 3.63) is 95.3 Å². The lowest BCUT2D eigenvalue weighted by Crippen LogP contribution is -2.25. The molecule has 2 N–H and O–H groups in total. The highest BCUT2D eigenvalue weighted by atomic mass is 35.5. The van der Waals surface area contributed by atoms with Gasteiger partial charge in [-0.05, 0) is 54.4 Å². The molecule has 0 bridgehead atoms. The number of carbonyl (C=O) groups is 1. The molecule has 0 unspecified atom stereocenters. The predicted octanol–water partition coefficient (Wildman–Crippen LogP) is 4.65. The number of benzene rings is 3. The van der Waals surface area contributed by atoms with Crippen LogP contribution in [0, 0.1) is 0 Å². The number of rotatable bonds is 6. The first kappa shape index (κ1) is 20.0. The number of nitrogens with zero attached hydrogens (tertiary/aromatic N) is 4. The van der Waals surface area contributed by atoms with Gasteiger partial charge in [-0.3, -0.25) is 9.20 Å². The van der Waals surface area contributed by atoms with Crippen molar-refractivity contribution in [1.29, 1.82) is 0 Å². The number of nitrogens with one attached hydrogen (secondary N) is 2. The van der Waals surface area contributed by atoms with Crippen LogP contribution in [-0.2, 0) is 6.42 Å². The van der Waals surface area contributed by atoms with E-state index in [2.05, 4.69) is 20.8 Å². The Morgan fingerprint density at radius 1 is 1.00 bits per heavy atom. The first-order chi connectivity index (χ1) is 15.7. The average Bonchev–Trinajstić information content (AvgIpc) is 3.31. The molecule has 3 aromatic carbocycles. The van der Waals surface area contributed by atoms with E-state index in [1.54, 1.807) is 18.5 Å². The molecule has 0 aliphatic rings. The summed E-state index contributed by atoms with van der Waals surface area (Å²) < 4.78 is 1.89. The van der Waals surface area contributed by atoms with Gasteiger partial charge >= 0.3 is 0 Å². The third-order valence-electron chi connectivity index (χ3n) is 5.13. The summed E-state index contributed by atoms with van der Waals surface area (Å²) in [7, 11) is 0. The van der Waals surface area contributed by atoms with Gasteiger partial charge in [-0.1, -0.05) is 41.9 Å². The van der Waals surface area contributed by atoms with Crippen LogP contribution in [0.5, 0.6) is 0 Å². The molecule has 0 saturated carbocycles. The molecule has 7 nitrogen and oxygen atoms in total. The lowest BCUT2D eigenvalue weighted by Gasteiger charge is -2.11. The van der Waals surface area contributed by atoms with Gasteiger partial charge in [-0.25, -0.2) is 4.98 Å². The Morgan fingerprint density at radius 2 is 1.84 bits per heavy atom. The first-order valence-electron chi connectivity index (χ1n) is 10.2.